The Kier molecular flexibility index (Phi) is 6.24. The van der Waals surface area contributed by atoms with Crippen LogP contribution in [0, 0.1) is 6.92 Å². The summed E-state index contributed by atoms with van der Waals surface area (Å²) in [4.78, 5) is 28.5. The van der Waals surface area contributed by atoms with Crippen molar-refractivity contribution >= 4 is 34.3 Å². The summed E-state index contributed by atoms with van der Waals surface area (Å²) in [6.45, 7) is 4.64. The van der Waals surface area contributed by atoms with Gasteiger partial charge >= 0.3 is 0 Å². The maximum absolute atomic E-state index is 13.5. The van der Waals surface area contributed by atoms with Gasteiger partial charge in [-0.2, -0.15) is 0 Å². The lowest BCUT2D eigenvalue weighted by atomic mass is 10.0. The van der Waals surface area contributed by atoms with Crippen molar-refractivity contribution in [1.82, 2.24) is 24.1 Å². The number of thioether (sulfide) groups is 1. The lowest BCUT2D eigenvalue weighted by Crippen LogP contribution is -2.32. The molecular formula is C26H27N5O2S. The third-order valence-corrected chi connectivity index (χ3v) is 7.22. The number of carbonyl (C=O) groups excluding carboxylic acids is 1. The Hall–Kier alpha value is -3.39. The van der Waals surface area contributed by atoms with Gasteiger partial charge in [0.1, 0.15) is 0 Å². The predicted molar refractivity (Wildman–Crippen MR) is 135 cm³/mol. The zero-order valence-corrected chi connectivity index (χ0v) is 20.2. The van der Waals surface area contributed by atoms with Gasteiger partial charge in [0.25, 0.3) is 5.56 Å². The molecule has 174 valence electrons. The van der Waals surface area contributed by atoms with Crippen LogP contribution >= 0.6 is 11.8 Å². The van der Waals surface area contributed by atoms with Gasteiger partial charge in [-0.25, -0.2) is 4.57 Å². The van der Waals surface area contributed by atoms with Gasteiger partial charge in [-0.1, -0.05) is 48.2 Å². The number of amides is 1. The van der Waals surface area contributed by atoms with Crippen molar-refractivity contribution in [2.75, 3.05) is 12.3 Å². The predicted octanol–water partition coefficient (Wildman–Crippen LogP) is 4.74. The Labute approximate surface area is 202 Å². The molecule has 4 aromatic rings. The highest BCUT2D eigenvalue weighted by Gasteiger charge is 2.22. The van der Waals surface area contributed by atoms with E-state index in [2.05, 4.69) is 16.3 Å². The molecule has 0 saturated carbocycles. The van der Waals surface area contributed by atoms with Crippen LogP contribution in [0.3, 0.4) is 0 Å². The summed E-state index contributed by atoms with van der Waals surface area (Å²) in [6, 6.07) is 15.2. The number of fused-ring (bicyclic) bond motifs is 3. The highest BCUT2D eigenvalue weighted by molar-refractivity contribution is 7.99. The summed E-state index contributed by atoms with van der Waals surface area (Å²) in [5.41, 5.74) is 3.45. The molecule has 2 heterocycles. The molecule has 1 amide bonds. The van der Waals surface area contributed by atoms with Gasteiger partial charge in [-0.05, 0) is 63.3 Å². The minimum absolute atomic E-state index is 0.0638. The van der Waals surface area contributed by atoms with Crippen molar-refractivity contribution in [3.63, 3.8) is 0 Å². The Bertz CT molecular complexity index is 1470. The van der Waals surface area contributed by atoms with Crippen LogP contribution in [0.15, 0.2) is 70.3 Å². The number of hydrogen-bond acceptors (Lipinski definition) is 5. The minimum atomic E-state index is -0.140. The van der Waals surface area contributed by atoms with Gasteiger partial charge in [0.2, 0.25) is 11.7 Å². The number of aromatic nitrogens is 4. The molecule has 0 radical (unpaired) electrons. The zero-order valence-electron chi connectivity index (χ0n) is 19.4. The Balaban J connectivity index is 1.57. The van der Waals surface area contributed by atoms with Crippen LogP contribution in [0.4, 0.5) is 0 Å². The number of benzene rings is 2. The van der Waals surface area contributed by atoms with Crippen LogP contribution in [-0.2, 0) is 4.79 Å². The van der Waals surface area contributed by atoms with Gasteiger partial charge in [-0.3, -0.25) is 14.0 Å². The third-order valence-electron chi connectivity index (χ3n) is 6.31. The average Bonchev–Trinajstić information content (AvgIpc) is 3.29. The molecule has 1 aliphatic rings. The van der Waals surface area contributed by atoms with E-state index < -0.39 is 0 Å². The number of rotatable bonds is 6. The van der Waals surface area contributed by atoms with Crippen molar-refractivity contribution in [3.8, 4) is 5.69 Å². The summed E-state index contributed by atoms with van der Waals surface area (Å²) in [5, 5.41) is 9.97. The summed E-state index contributed by atoms with van der Waals surface area (Å²) >= 11 is 1.36. The highest BCUT2D eigenvalue weighted by Crippen LogP contribution is 2.26. The van der Waals surface area contributed by atoms with Gasteiger partial charge < -0.3 is 4.90 Å². The van der Waals surface area contributed by atoms with E-state index in [1.165, 1.54) is 18.2 Å². The third kappa shape index (κ3) is 3.92. The first-order valence-electron chi connectivity index (χ1n) is 11.7. The van der Waals surface area contributed by atoms with E-state index >= 15 is 0 Å². The van der Waals surface area contributed by atoms with Crippen molar-refractivity contribution in [1.29, 1.82) is 0 Å². The molecule has 2 aromatic heterocycles. The molecule has 5 rings (SSSR count). The molecule has 0 saturated heterocycles. The Morgan fingerprint density at radius 1 is 1.09 bits per heavy atom. The quantitative estimate of drug-likeness (QED) is 0.378. The van der Waals surface area contributed by atoms with E-state index in [0.29, 0.717) is 22.9 Å². The van der Waals surface area contributed by atoms with Crippen LogP contribution in [0.2, 0.25) is 0 Å². The molecule has 0 spiro atoms. The maximum atomic E-state index is 13.5. The standard InChI is InChI=1S/C26H27N5O2S/c1-3-29(19-12-5-4-6-13-19)23(32)17-34-26-28-27-25-30(21-15-9-7-11-18(21)2)24(33)20-14-8-10-16-22(20)31(25)26/h7-12,14-16H,3-6,13,17H2,1-2H3. The molecule has 7 nitrogen and oxygen atoms in total. The van der Waals surface area contributed by atoms with Crippen LogP contribution in [0.5, 0.6) is 0 Å². The van der Waals surface area contributed by atoms with Crippen molar-refractivity contribution in [2.24, 2.45) is 0 Å². The molecule has 0 bridgehead atoms. The van der Waals surface area contributed by atoms with Crippen LogP contribution in [0.25, 0.3) is 22.4 Å². The topological polar surface area (TPSA) is 72.5 Å². The molecule has 1 aliphatic carbocycles. The fourth-order valence-electron chi connectivity index (χ4n) is 4.61. The summed E-state index contributed by atoms with van der Waals surface area (Å²) in [7, 11) is 0. The number of allylic oxidation sites excluding steroid dienone is 2. The normalized spacial score (nSPS) is 13.9. The molecule has 0 N–H and O–H groups in total. The number of carbonyl (C=O) groups is 1. The minimum Gasteiger partial charge on any atom is -0.316 e. The first kappa shape index (κ1) is 22.4. The van der Waals surface area contributed by atoms with Gasteiger partial charge in [0.05, 0.1) is 22.3 Å². The lowest BCUT2D eigenvalue weighted by Gasteiger charge is -2.26. The first-order chi connectivity index (χ1) is 16.6. The molecule has 8 heteroatoms. The van der Waals surface area contributed by atoms with Gasteiger partial charge in [0.15, 0.2) is 5.16 Å². The average molecular weight is 474 g/mol. The van der Waals surface area contributed by atoms with E-state index in [9.17, 15) is 9.59 Å². The second-order valence-electron chi connectivity index (χ2n) is 8.43. The number of hydrogen-bond donors (Lipinski definition) is 0. The highest BCUT2D eigenvalue weighted by atomic mass is 32.2. The molecule has 2 aromatic carbocycles. The molecular weight excluding hydrogens is 446 g/mol. The second kappa shape index (κ2) is 9.46. The molecule has 0 fully saturated rings. The van der Waals surface area contributed by atoms with Crippen molar-refractivity contribution in [3.05, 3.63) is 76.2 Å². The smallest absolute Gasteiger partial charge is 0.267 e. The number of aryl methyl sites for hydroxylation is 1. The summed E-state index contributed by atoms with van der Waals surface area (Å²) in [6.07, 6.45) is 6.48. The van der Waals surface area contributed by atoms with E-state index in [-0.39, 0.29) is 17.2 Å². The number of nitrogens with zero attached hydrogens (tertiary/aromatic N) is 5. The van der Waals surface area contributed by atoms with Gasteiger partial charge in [-0.15, -0.1) is 10.2 Å². The van der Waals surface area contributed by atoms with Crippen LogP contribution in [-0.4, -0.2) is 42.3 Å². The van der Waals surface area contributed by atoms with Crippen molar-refractivity contribution in [2.45, 2.75) is 44.7 Å². The molecule has 0 atom stereocenters. The molecule has 0 unspecified atom stereocenters. The fraction of sp³-hybridized carbons (Fsp3) is 0.308. The SMILES string of the molecule is CCN(C(=O)CSc1nnc2n(-c3ccccc3C)c(=O)c3ccccc3n12)C1=CCCCC1. The van der Waals surface area contributed by atoms with Crippen LogP contribution in [0.1, 0.15) is 38.2 Å². The lowest BCUT2D eigenvalue weighted by molar-refractivity contribution is -0.126. The largest absolute Gasteiger partial charge is 0.316 e. The molecule has 34 heavy (non-hydrogen) atoms. The Morgan fingerprint density at radius 3 is 2.65 bits per heavy atom. The van der Waals surface area contributed by atoms with Crippen LogP contribution < -0.4 is 5.56 Å². The summed E-state index contributed by atoms with van der Waals surface area (Å²) < 4.78 is 3.50. The second-order valence-corrected chi connectivity index (χ2v) is 9.37. The van der Waals surface area contributed by atoms with Crippen molar-refractivity contribution < 1.29 is 4.79 Å². The van der Waals surface area contributed by atoms with E-state index in [1.807, 2.05) is 71.7 Å². The van der Waals surface area contributed by atoms with Gasteiger partial charge in [0, 0.05) is 12.2 Å². The number of para-hydroxylation sites is 2. The van der Waals surface area contributed by atoms with E-state index in [0.717, 1.165) is 41.7 Å². The fourth-order valence-corrected chi connectivity index (χ4v) is 5.43. The summed E-state index contributed by atoms with van der Waals surface area (Å²) in [5.74, 6) is 0.758. The Morgan fingerprint density at radius 2 is 1.88 bits per heavy atom. The monoisotopic (exact) mass is 473 g/mol. The van der Waals surface area contributed by atoms with E-state index in [1.54, 1.807) is 4.57 Å². The first-order valence-corrected chi connectivity index (χ1v) is 12.7. The molecule has 0 aliphatic heterocycles. The maximum Gasteiger partial charge on any atom is 0.267 e. The van der Waals surface area contributed by atoms with E-state index in [4.69, 9.17) is 0 Å². The zero-order chi connectivity index (χ0) is 23.7.